The number of H-pyrrole nitrogens is 1. The summed E-state index contributed by atoms with van der Waals surface area (Å²) in [7, 11) is 1.61. The zero-order chi connectivity index (χ0) is 18.5. The van der Waals surface area contributed by atoms with Crippen LogP contribution in [0.1, 0.15) is 6.42 Å². The summed E-state index contributed by atoms with van der Waals surface area (Å²) >= 11 is 0. The zero-order valence-electron chi connectivity index (χ0n) is 14.9. The van der Waals surface area contributed by atoms with E-state index in [0.717, 1.165) is 34.5 Å². The first-order chi connectivity index (χ1) is 12.7. The number of nitrogens with zero attached hydrogens (tertiary/aromatic N) is 2. The lowest BCUT2D eigenvalue weighted by Crippen LogP contribution is -3.13. The molecule has 3 aromatic rings. The molecule has 0 atom stereocenters. The van der Waals surface area contributed by atoms with E-state index in [2.05, 4.69) is 9.97 Å². The van der Waals surface area contributed by atoms with E-state index in [1.54, 1.807) is 18.0 Å². The second-order valence-electron chi connectivity index (χ2n) is 6.30. The number of aromatic nitrogens is 3. The van der Waals surface area contributed by atoms with Crippen LogP contribution in [0.4, 0.5) is 0 Å². The number of quaternary nitrogens is 1. The van der Waals surface area contributed by atoms with E-state index < -0.39 is 0 Å². The van der Waals surface area contributed by atoms with Gasteiger partial charge in [-0.1, -0.05) is 0 Å². The summed E-state index contributed by atoms with van der Waals surface area (Å²) in [5.74, 6) is 0.722. The summed E-state index contributed by atoms with van der Waals surface area (Å²) in [5, 5.41) is 19.0. The molecule has 26 heavy (non-hydrogen) atoms. The van der Waals surface area contributed by atoms with Gasteiger partial charge >= 0.3 is 0 Å². The molecule has 4 N–H and O–H groups in total. The molecule has 8 nitrogen and oxygen atoms in total. The number of benzene rings is 1. The smallest absolute Gasteiger partial charge is 0.277 e. The van der Waals surface area contributed by atoms with Crippen LogP contribution in [-0.2, 0) is 6.54 Å². The number of hydrogen-bond acceptors (Lipinski definition) is 5. The van der Waals surface area contributed by atoms with Crippen molar-refractivity contribution in [3.05, 3.63) is 34.9 Å². The molecule has 0 fully saturated rings. The Labute approximate surface area is 150 Å². The summed E-state index contributed by atoms with van der Waals surface area (Å²) in [4.78, 5) is 21.5. The van der Waals surface area contributed by atoms with Gasteiger partial charge in [-0.2, -0.15) is 0 Å². The maximum Gasteiger partial charge on any atom is 0.277 e. The fourth-order valence-corrected chi connectivity index (χ4v) is 3.25. The second-order valence-corrected chi connectivity index (χ2v) is 6.30. The number of rotatable bonds is 9. The second kappa shape index (κ2) is 8.31. The number of methoxy groups -OCH3 is 1. The van der Waals surface area contributed by atoms with E-state index in [4.69, 9.17) is 14.9 Å². The van der Waals surface area contributed by atoms with Gasteiger partial charge in [-0.05, 0) is 12.1 Å². The van der Waals surface area contributed by atoms with Gasteiger partial charge in [0.25, 0.3) is 5.56 Å². The summed E-state index contributed by atoms with van der Waals surface area (Å²) in [6, 6.07) is 5.60. The van der Waals surface area contributed by atoms with Crippen molar-refractivity contribution in [2.24, 2.45) is 0 Å². The molecular formula is C18H25N4O4+. The molecular weight excluding hydrogens is 336 g/mol. The van der Waals surface area contributed by atoms with Crippen LogP contribution in [0.3, 0.4) is 0 Å². The number of ether oxygens (including phenoxy) is 1. The van der Waals surface area contributed by atoms with Crippen LogP contribution >= 0.6 is 0 Å². The Kier molecular flexibility index (Phi) is 5.87. The third kappa shape index (κ3) is 3.72. The molecule has 0 aliphatic rings. The first-order valence-electron chi connectivity index (χ1n) is 8.78. The molecule has 0 amide bonds. The summed E-state index contributed by atoms with van der Waals surface area (Å²) in [6.45, 7) is 2.67. The molecule has 0 saturated heterocycles. The number of hydrogen-bond donors (Lipinski definition) is 4. The van der Waals surface area contributed by atoms with Crippen LogP contribution in [0.15, 0.2) is 29.3 Å². The van der Waals surface area contributed by atoms with Gasteiger partial charge in [0.15, 0.2) is 0 Å². The van der Waals surface area contributed by atoms with Gasteiger partial charge in [0.05, 0.1) is 38.7 Å². The van der Waals surface area contributed by atoms with E-state index in [1.165, 1.54) is 0 Å². The number of aliphatic hydroxyl groups excluding tert-OH is 2. The Morgan fingerprint density at radius 3 is 2.69 bits per heavy atom. The number of aliphatic hydroxyl groups is 2. The standard InChI is InChI=1S/C18H24N4O4/c1-26-13-3-4-14-15(11-13)20-17-16(14)19-12-22(18(17)25)6-2-5-21(7-9-23)8-10-24/h3-4,11-12,20,23-24H,2,5-10H2,1H3/p+1. The van der Waals surface area contributed by atoms with Crippen molar-refractivity contribution in [3.8, 4) is 5.75 Å². The van der Waals surface area contributed by atoms with Gasteiger partial charge in [0.1, 0.15) is 29.9 Å². The predicted octanol–water partition coefficient (Wildman–Crippen LogP) is -0.854. The normalized spacial score (nSPS) is 11.7. The fraction of sp³-hybridized carbons (Fsp3) is 0.444. The minimum atomic E-state index is -0.101. The number of nitrogens with one attached hydrogen (secondary N) is 2. The highest BCUT2D eigenvalue weighted by Crippen LogP contribution is 2.25. The molecule has 3 rings (SSSR count). The quantitative estimate of drug-likeness (QED) is 0.397. The molecule has 2 heterocycles. The Morgan fingerprint density at radius 1 is 1.23 bits per heavy atom. The minimum absolute atomic E-state index is 0.0846. The Morgan fingerprint density at radius 2 is 2.00 bits per heavy atom. The van der Waals surface area contributed by atoms with Crippen molar-refractivity contribution in [3.63, 3.8) is 0 Å². The topological polar surface area (TPSA) is 105 Å². The molecule has 2 aromatic heterocycles. The summed E-state index contributed by atoms with van der Waals surface area (Å²) in [5.41, 5.74) is 1.88. The lowest BCUT2D eigenvalue weighted by Gasteiger charge is -2.17. The van der Waals surface area contributed by atoms with Gasteiger partial charge in [-0.15, -0.1) is 0 Å². The van der Waals surface area contributed by atoms with E-state index in [1.807, 2.05) is 18.2 Å². The van der Waals surface area contributed by atoms with Crippen LogP contribution < -0.4 is 15.2 Å². The van der Waals surface area contributed by atoms with Gasteiger partial charge in [-0.3, -0.25) is 9.36 Å². The third-order valence-electron chi connectivity index (χ3n) is 4.64. The minimum Gasteiger partial charge on any atom is -0.497 e. The molecule has 0 aliphatic heterocycles. The largest absolute Gasteiger partial charge is 0.497 e. The summed E-state index contributed by atoms with van der Waals surface area (Å²) in [6.07, 6.45) is 2.34. The molecule has 0 spiro atoms. The molecule has 0 aliphatic carbocycles. The zero-order valence-corrected chi connectivity index (χ0v) is 14.9. The van der Waals surface area contributed by atoms with Crippen molar-refractivity contribution in [1.29, 1.82) is 0 Å². The van der Waals surface area contributed by atoms with Crippen LogP contribution in [0.2, 0.25) is 0 Å². The third-order valence-corrected chi connectivity index (χ3v) is 4.64. The average molecular weight is 361 g/mol. The van der Waals surface area contributed by atoms with E-state index in [9.17, 15) is 4.79 Å². The first kappa shape index (κ1) is 18.4. The van der Waals surface area contributed by atoms with Gasteiger partial charge in [-0.25, -0.2) is 4.98 Å². The first-order valence-corrected chi connectivity index (χ1v) is 8.78. The van der Waals surface area contributed by atoms with E-state index >= 15 is 0 Å². The van der Waals surface area contributed by atoms with Crippen molar-refractivity contribution in [2.75, 3.05) is 40.0 Å². The lowest BCUT2D eigenvalue weighted by atomic mass is 10.2. The highest BCUT2D eigenvalue weighted by molar-refractivity contribution is 6.04. The molecule has 1 aromatic carbocycles. The molecule has 0 unspecified atom stereocenters. The van der Waals surface area contributed by atoms with Crippen molar-refractivity contribution in [1.82, 2.24) is 14.5 Å². The molecule has 0 saturated carbocycles. The molecule has 0 bridgehead atoms. The maximum atomic E-state index is 12.8. The number of aromatic amines is 1. The summed E-state index contributed by atoms with van der Waals surface area (Å²) < 4.78 is 6.83. The average Bonchev–Trinajstić information content (AvgIpc) is 3.02. The Balaban J connectivity index is 1.80. The van der Waals surface area contributed by atoms with E-state index in [-0.39, 0.29) is 18.8 Å². The highest BCUT2D eigenvalue weighted by atomic mass is 16.5. The van der Waals surface area contributed by atoms with Gasteiger partial charge < -0.3 is 24.8 Å². The van der Waals surface area contributed by atoms with Crippen LogP contribution in [0, 0.1) is 0 Å². The van der Waals surface area contributed by atoms with Crippen molar-refractivity contribution in [2.45, 2.75) is 13.0 Å². The molecule has 140 valence electrons. The molecule has 8 heteroatoms. The number of fused-ring (bicyclic) bond motifs is 3. The Bertz CT molecular complexity index is 928. The number of aryl methyl sites for hydroxylation is 1. The Hall–Kier alpha value is -2.42. The predicted molar refractivity (Wildman–Crippen MR) is 98.8 cm³/mol. The molecule has 0 radical (unpaired) electrons. The van der Waals surface area contributed by atoms with E-state index in [0.29, 0.717) is 30.7 Å². The van der Waals surface area contributed by atoms with Crippen molar-refractivity contribution >= 4 is 21.9 Å². The van der Waals surface area contributed by atoms with Crippen LogP contribution in [-0.4, -0.2) is 64.7 Å². The van der Waals surface area contributed by atoms with Crippen molar-refractivity contribution < 1.29 is 19.8 Å². The van der Waals surface area contributed by atoms with Crippen LogP contribution in [0.5, 0.6) is 5.75 Å². The van der Waals surface area contributed by atoms with Gasteiger partial charge in [0, 0.05) is 24.4 Å². The maximum absolute atomic E-state index is 12.8. The highest BCUT2D eigenvalue weighted by Gasteiger charge is 2.12. The fourth-order valence-electron chi connectivity index (χ4n) is 3.25. The van der Waals surface area contributed by atoms with Gasteiger partial charge in [0.2, 0.25) is 0 Å². The SMILES string of the molecule is COc1ccc2c(c1)[nH]c1c(=O)n(CCC[NH+](CCO)CCO)cnc12. The van der Waals surface area contributed by atoms with Crippen LogP contribution in [0.25, 0.3) is 21.9 Å². The monoisotopic (exact) mass is 361 g/mol. The lowest BCUT2D eigenvalue weighted by molar-refractivity contribution is -0.901.